The number of aryl methyl sites for hydroxylation is 2. The summed E-state index contributed by atoms with van der Waals surface area (Å²) in [7, 11) is -3.57. The summed E-state index contributed by atoms with van der Waals surface area (Å²) >= 11 is 1.64. The van der Waals surface area contributed by atoms with Gasteiger partial charge in [-0.3, -0.25) is 4.90 Å². The summed E-state index contributed by atoms with van der Waals surface area (Å²) < 4.78 is 32.4. The fourth-order valence-corrected chi connectivity index (χ4v) is 5.97. The van der Waals surface area contributed by atoms with Crippen LogP contribution in [0.15, 0.2) is 45.1 Å². The van der Waals surface area contributed by atoms with E-state index < -0.39 is 10.0 Å². The molecule has 28 heavy (non-hydrogen) atoms. The Kier molecular flexibility index (Phi) is 5.33. The molecular weight excluding hydrogens is 396 g/mol. The first-order valence-corrected chi connectivity index (χ1v) is 11.4. The minimum atomic E-state index is -3.57. The van der Waals surface area contributed by atoms with E-state index in [0.29, 0.717) is 37.6 Å². The van der Waals surface area contributed by atoms with Crippen LogP contribution in [-0.4, -0.2) is 53.9 Å². The van der Waals surface area contributed by atoms with Gasteiger partial charge in [0.1, 0.15) is 15.6 Å². The van der Waals surface area contributed by atoms with E-state index in [-0.39, 0.29) is 4.90 Å². The average molecular weight is 419 g/mol. The number of sulfonamides is 1. The highest BCUT2D eigenvalue weighted by atomic mass is 32.2. The zero-order valence-corrected chi connectivity index (χ0v) is 17.5. The van der Waals surface area contributed by atoms with Crippen LogP contribution < -0.4 is 0 Å². The van der Waals surface area contributed by atoms with Gasteiger partial charge >= 0.3 is 0 Å². The van der Waals surface area contributed by atoms with E-state index in [0.717, 1.165) is 22.8 Å². The van der Waals surface area contributed by atoms with Crippen LogP contribution in [-0.2, 0) is 16.6 Å². The van der Waals surface area contributed by atoms with E-state index >= 15 is 0 Å². The van der Waals surface area contributed by atoms with Crippen molar-refractivity contribution in [3.05, 3.63) is 52.2 Å². The van der Waals surface area contributed by atoms with Crippen LogP contribution in [0.1, 0.15) is 16.5 Å². The number of benzene rings is 1. The highest BCUT2D eigenvalue weighted by Crippen LogP contribution is 2.26. The molecule has 0 N–H and O–H groups in total. The van der Waals surface area contributed by atoms with E-state index in [9.17, 15) is 8.42 Å². The van der Waals surface area contributed by atoms with Gasteiger partial charge in [0.15, 0.2) is 5.76 Å². The zero-order valence-electron chi connectivity index (χ0n) is 15.8. The van der Waals surface area contributed by atoms with Crippen molar-refractivity contribution in [1.29, 1.82) is 0 Å². The second-order valence-electron chi connectivity index (χ2n) is 6.83. The first-order chi connectivity index (χ1) is 13.4. The van der Waals surface area contributed by atoms with Gasteiger partial charge in [0, 0.05) is 37.1 Å². The van der Waals surface area contributed by atoms with Crippen molar-refractivity contribution >= 4 is 21.4 Å². The maximum atomic E-state index is 12.9. The second-order valence-corrected chi connectivity index (χ2v) is 9.64. The van der Waals surface area contributed by atoms with Gasteiger partial charge in [-0.25, -0.2) is 13.4 Å². The maximum Gasteiger partial charge on any atom is 0.248 e. The molecule has 1 aromatic carbocycles. The molecule has 7 nitrogen and oxygen atoms in total. The molecular formula is C19H22N4O3S2. The fourth-order valence-electron chi connectivity index (χ4n) is 3.42. The minimum absolute atomic E-state index is 0.202. The normalized spacial score (nSPS) is 16.5. The fraction of sp³-hybridized carbons (Fsp3) is 0.368. The Morgan fingerprint density at radius 2 is 1.82 bits per heavy atom. The molecule has 0 radical (unpaired) electrons. The van der Waals surface area contributed by atoms with Crippen molar-refractivity contribution in [2.24, 2.45) is 0 Å². The van der Waals surface area contributed by atoms with Gasteiger partial charge in [-0.1, -0.05) is 35.5 Å². The number of hydrogen-bond acceptors (Lipinski definition) is 7. The average Bonchev–Trinajstić information content (AvgIpc) is 3.29. The molecule has 4 rings (SSSR count). The first-order valence-electron chi connectivity index (χ1n) is 9.10. The van der Waals surface area contributed by atoms with Crippen LogP contribution in [0.5, 0.6) is 0 Å². The van der Waals surface area contributed by atoms with Crippen molar-refractivity contribution in [3.63, 3.8) is 0 Å². The van der Waals surface area contributed by atoms with Crippen molar-refractivity contribution in [3.8, 4) is 11.3 Å². The van der Waals surface area contributed by atoms with Crippen molar-refractivity contribution in [2.75, 3.05) is 26.2 Å². The lowest BCUT2D eigenvalue weighted by molar-refractivity contribution is 0.181. The van der Waals surface area contributed by atoms with Crippen LogP contribution in [0.4, 0.5) is 0 Å². The van der Waals surface area contributed by atoms with Crippen molar-refractivity contribution in [1.82, 2.24) is 19.3 Å². The van der Waals surface area contributed by atoms with Crippen LogP contribution >= 0.6 is 11.3 Å². The Hall–Kier alpha value is -2.07. The van der Waals surface area contributed by atoms with Crippen molar-refractivity contribution < 1.29 is 12.9 Å². The number of piperazine rings is 1. The van der Waals surface area contributed by atoms with Gasteiger partial charge in [0.2, 0.25) is 10.0 Å². The van der Waals surface area contributed by atoms with Gasteiger partial charge in [0.25, 0.3) is 0 Å². The lowest BCUT2D eigenvalue weighted by Gasteiger charge is -2.33. The largest absolute Gasteiger partial charge is 0.360 e. The molecule has 9 heteroatoms. The Labute approximate surface area is 168 Å². The molecule has 0 saturated carbocycles. The van der Waals surface area contributed by atoms with E-state index in [1.165, 1.54) is 4.31 Å². The van der Waals surface area contributed by atoms with Gasteiger partial charge < -0.3 is 4.52 Å². The predicted octanol–water partition coefficient (Wildman–Crippen LogP) is 2.92. The second kappa shape index (κ2) is 7.75. The van der Waals surface area contributed by atoms with Gasteiger partial charge in [-0.2, -0.15) is 4.31 Å². The minimum Gasteiger partial charge on any atom is -0.360 e. The molecule has 1 saturated heterocycles. The van der Waals surface area contributed by atoms with E-state index in [1.807, 2.05) is 18.2 Å². The monoisotopic (exact) mass is 418 g/mol. The summed E-state index contributed by atoms with van der Waals surface area (Å²) in [6, 6.07) is 10.1. The zero-order chi connectivity index (χ0) is 19.7. The molecule has 3 aromatic rings. The summed E-state index contributed by atoms with van der Waals surface area (Å²) in [6.45, 7) is 6.26. The van der Waals surface area contributed by atoms with Gasteiger partial charge in [0.05, 0.1) is 12.2 Å². The number of aromatic nitrogens is 2. The number of hydrogen-bond donors (Lipinski definition) is 0. The molecule has 3 heterocycles. The molecule has 148 valence electrons. The van der Waals surface area contributed by atoms with Gasteiger partial charge in [-0.05, 0) is 13.8 Å². The summed E-state index contributed by atoms with van der Waals surface area (Å²) in [5.41, 5.74) is 2.51. The topological polar surface area (TPSA) is 79.5 Å². The molecule has 0 atom stereocenters. The Morgan fingerprint density at radius 1 is 1.11 bits per heavy atom. The van der Waals surface area contributed by atoms with Crippen LogP contribution in [0, 0.1) is 13.8 Å². The Balaban J connectivity index is 1.39. The summed E-state index contributed by atoms with van der Waals surface area (Å²) in [4.78, 5) is 7.18. The molecule has 1 aliphatic rings. The first kappa shape index (κ1) is 19.3. The van der Waals surface area contributed by atoms with E-state index in [4.69, 9.17) is 9.51 Å². The summed E-state index contributed by atoms with van der Waals surface area (Å²) in [5.74, 6) is 0.344. The molecule has 0 amide bonds. The summed E-state index contributed by atoms with van der Waals surface area (Å²) in [5, 5.41) is 6.89. The molecule has 2 aromatic heterocycles. The van der Waals surface area contributed by atoms with E-state index in [2.05, 4.69) is 27.6 Å². The van der Waals surface area contributed by atoms with Crippen LogP contribution in [0.3, 0.4) is 0 Å². The molecule has 0 aliphatic carbocycles. The third kappa shape index (κ3) is 3.75. The highest BCUT2D eigenvalue weighted by Gasteiger charge is 2.33. The Morgan fingerprint density at radius 3 is 2.46 bits per heavy atom. The predicted molar refractivity (Wildman–Crippen MR) is 108 cm³/mol. The number of thiazole rings is 1. The van der Waals surface area contributed by atoms with Crippen LogP contribution in [0.2, 0.25) is 0 Å². The van der Waals surface area contributed by atoms with Gasteiger partial charge in [-0.15, -0.1) is 11.3 Å². The number of nitrogens with zero attached hydrogens (tertiary/aromatic N) is 4. The molecule has 0 bridgehead atoms. The molecule has 1 aliphatic heterocycles. The maximum absolute atomic E-state index is 12.9. The lowest BCUT2D eigenvalue weighted by Crippen LogP contribution is -2.48. The highest BCUT2D eigenvalue weighted by molar-refractivity contribution is 7.89. The lowest BCUT2D eigenvalue weighted by atomic mass is 10.2. The number of rotatable bonds is 5. The smallest absolute Gasteiger partial charge is 0.248 e. The Bertz CT molecular complexity index is 1030. The summed E-state index contributed by atoms with van der Waals surface area (Å²) in [6.07, 6.45) is 0. The standard InChI is InChI=1S/C19H22N4O3S2/c1-14-19(15(2)26-21-14)28(24,25)23-10-8-22(9-11-23)12-18-20-17(13-27-18)16-6-4-3-5-7-16/h3-7,13H,8-12H2,1-2H3. The molecule has 0 unspecified atom stereocenters. The quantitative estimate of drug-likeness (QED) is 0.634. The van der Waals surface area contributed by atoms with Crippen molar-refractivity contribution in [2.45, 2.75) is 25.3 Å². The SMILES string of the molecule is Cc1noc(C)c1S(=O)(=O)N1CCN(Cc2nc(-c3ccccc3)cs2)CC1. The third-order valence-corrected chi connectivity index (χ3v) is 7.85. The molecule has 0 spiro atoms. The molecule has 1 fully saturated rings. The third-order valence-electron chi connectivity index (χ3n) is 4.88. The van der Waals surface area contributed by atoms with Crippen LogP contribution in [0.25, 0.3) is 11.3 Å². The van der Waals surface area contributed by atoms with E-state index in [1.54, 1.807) is 25.2 Å².